The first-order valence-corrected chi connectivity index (χ1v) is 12.6. The van der Waals surface area contributed by atoms with Crippen LogP contribution in [-0.2, 0) is 34.5 Å². The highest BCUT2D eigenvalue weighted by Crippen LogP contribution is 2.60. The number of ether oxygens (including phenoxy) is 1. The quantitative estimate of drug-likeness (QED) is 0.643. The van der Waals surface area contributed by atoms with E-state index in [0.717, 1.165) is 50.0 Å². The molecule has 6 rings (SSSR count). The molecular weight excluding hydrogens is 434 g/mol. The second-order valence-electron chi connectivity index (χ2n) is 10.4. The van der Waals surface area contributed by atoms with Crippen molar-refractivity contribution in [2.24, 2.45) is 11.3 Å². The van der Waals surface area contributed by atoms with E-state index in [1.54, 1.807) is 18.2 Å². The highest BCUT2D eigenvalue weighted by Gasteiger charge is 2.67. The third-order valence-electron chi connectivity index (χ3n) is 8.55. The van der Waals surface area contributed by atoms with Crippen molar-refractivity contribution < 1.29 is 13.9 Å². The standard InChI is InChI=1S/C26H31N3O3S/c1-31-20-8-10-25(11-9-20)15-19-7-6-18(5-4-17-2-3-17)14-21(19)26(25)23(30)29(24(33)28-26)16-22-27-12-13-32-22/h6-7,12-14,17,20H,2-5,8-11,15-16H2,1H3,(H,28,33). The molecule has 0 radical (unpaired) electrons. The van der Waals surface area contributed by atoms with Gasteiger partial charge in [0.25, 0.3) is 5.91 Å². The second kappa shape index (κ2) is 7.91. The number of nitrogens with one attached hydrogen (secondary N) is 1. The minimum atomic E-state index is -0.819. The molecule has 1 aromatic carbocycles. The van der Waals surface area contributed by atoms with E-state index in [2.05, 4.69) is 28.5 Å². The van der Waals surface area contributed by atoms with Crippen molar-refractivity contribution in [2.45, 2.75) is 76.0 Å². The summed E-state index contributed by atoms with van der Waals surface area (Å²) >= 11 is 5.75. The number of thiocarbonyl (C=S) groups is 1. The van der Waals surface area contributed by atoms with Crippen molar-refractivity contribution in [3.63, 3.8) is 0 Å². The summed E-state index contributed by atoms with van der Waals surface area (Å²) in [5, 5.41) is 4.07. The smallest absolute Gasteiger partial charge is 0.260 e. The second-order valence-corrected chi connectivity index (χ2v) is 10.7. The molecule has 7 heteroatoms. The number of benzene rings is 1. The van der Waals surface area contributed by atoms with Crippen LogP contribution in [0.2, 0.25) is 0 Å². The Balaban J connectivity index is 1.40. The van der Waals surface area contributed by atoms with Crippen LogP contribution in [0.15, 0.2) is 35.1 Å². The number of fused-ring (bicyclic) bond motifs is 3. The first kappa shape index (κ1) is 21.3. The number of aryl methyl sites for hydroxylation is 1. The summed E-state index contributed by atoms with van der Waals surface area (Å²) in [6, 6.07) is 6.85. The zero-order valence-electron chi connectivity index (χ0n) is 19.1. The molecule has 1 amide bonds. The Morgan fingerprint density at radius 2 is 2.09 bits per heavy atom. The average Bonchev–Trinajstić information content (AvgIpc) is 3.36. The lowest BCUT2D eigenvalue weighted by Gasteiger charge is -2.46. The number of rotatable bonds is 6. The van der Waals surface area contributed by atoms with Crippen LogP contribution in [0.25, 0.3) is 0 Å². The maximum atomic E-state index is 14.3. The summed E-state index contributed by atoms with van der Waals surface area (Å²) in [4.78, 5) is 20.2. The fraction of sp³-hybridized carbons (Fsp3) is 0.577. The van der Waals surface area contributed by atoms with Crippen LogP contribution in [0.3, 0.4) is 0 Å². The number of oxazole rings is 1. The molecule has 4 aliphatic rings. The first-order chi connectivity index (χ1) is 16.0. The monoisotopic (exact) mass is 465 g/mol. The molecule has 2 spiro atoms. The van der Waals surface area contributed by atoms with Gasteiger partial charge < -0.3 is 14.5 Å². The van der Waals surface area contributed by atoms with E-state index in [1.807, 2.05) is 0 Å². The largest absolute Gasteiger partial charge is 0.447 e. The van der Waals surface area contributed by atoms with Gasteiger partial charge in [-0.25, -0.2) is 4.98 Å². The van der Waals surface area contributed by atoms with Crippen molar-refractivity contribution in [2.75, 3.05) is 7.11 Å². The molecule has 1 N–H and O–H groups in total. The number of hydrogen-bond acceptors (Lipinski definition) is 5. The van der Waals surface area contributed by atoms with Gasteiger partial charge in [-0.05, 0) is 79.8 Å². The number of carbonyl (C=O) groups excluding carboxylic acids is 1. The minimum absolute atomic E-state index is 0.0414. The summed E-state index contributed by atoms with van der Waals surface area (Å²) in [6.45, 7) is 0.257. The van der Waals surface area contributed by atoms with Gasteiger partial charge in [-0.2, -0.15) is 0 Å². The Hall–Kier alpha value is -2.25. The summed E-state index contributed by atoms with van der Waals surface area (Å²) in [5.74, 6) is 1.43. The molecule has 6 nitrogen and oxygen atoms in total. The molecule has 1 unspecified atom stereocenters. The van der Waals surface area contributed by atoms with E-state index in [9.17, 15) is 4.79 Å². The lowest BCUT2D eigenvalue weighted by Crippen LogP contribution is -2.56. The molecule has 1 saturated heterocycles. The zero-order valence-corrected chi connectivity index (χ0v) is 20.0. The fourth-order valence-electron chi connectivity index (χ4n) is 6.50. The molecular formula is C26H31N3O3S. The molecule has 174 valence electrons. The summed E-state index contributed by atoms with van der Waals surface area (Å²) < 4.78 is 11.1. The van der Waals surface area contributed by atoms with Gasteiger partial charge in [0.1, 0.15) is 12.8 Å². The number of amides is 1. The van der Waals surface area contributed by atoms with Gasteiger partial charge in [0.05, 0.1) is 12.3 Å². The number of methoxy groups -OCH3 is 1. The molecule has 2 saturated carbocycles. The molecule has 2 aromatic rings. The van der Waals surface area contributed by atoms with Crippen molar-refractivity contribution in [3.05, 3.63) is 53.2 Å². The summed E-state index contributed by atoms with van der Waals surface area (Å²) in [6.07, 6.45) is 13.1. The number of hydrogen-bond donors (Lipinski definition) is 1. The van der Waals surface area contributed by atoms with Crippen molar-refractivity contribution in [1.29, 1.82) is 0 Å². The number of aromatic nitrogens is 1. The van der Waals surface area contributed by atoms with Crippen LogP contribution in [0.1, 0.15) is 67.5 Å². The van der Waals surface area contributed by atoms with Gasteiger partial charge in [0.15, 0.2) is 10.7 Å². The van der Waals surface area contributed by atoms with E-state index in [1.165, 1.54) is 36.7 Å². The Morgan fingerprint density at radius 1 is 1.27 bits per heavy atom. The van der Waals surface area contributed by atoms with Crippen LogP contribution in [0.4, 0.5) is 0 Å². The molecule has 33 heavy (non-hydrogen) atoms. The lowest BCUT2D eigenvalue weighted by molar-refractivity contribution is -0.139. The third kappa shape index (κ3) is 3.35. The Morgan fingerprint density at radius 3 is 2.79 bits per heavy atom. The molecule has 3 fully saturated rings. The van der Waals surface area contributed by atoms with E-state index < -0.39 is 5.54 Å². The Bertz CT molecular complexity index is 1070. The van der Waals surface area contributed by atoms with E-state index in [0.29, 0.717) is 11.0 Å². The first-order valence-electron chi connectivity index (χ1n) is 12.2. The van der Waals surface area contributed by atoms with Gasteiger partial charge in [0, 0.05) is 12.5 Å². The van der Waals surface area contributed by atoms with Crippen LogP contribution in [0.5, 0.6) is 0 Å². The van der Waals surface area contributed by atoms with Crippen LogP contribution in [0, 0.1) is 11.3 Å². The van der Waals surface area contributed by atoms with E-state index in [-0.39, 0.29) is 24.0 Å². The number of carbonyl (C=O) groups is 1. The van der Waals surface area contributed by atoms with Crippen molar-refractivity contribution in [1.82, 2.24) is 15.2 Å². The molecule has 0 bridgehead atoms. The van der Waals surface area contributed by atoms with Gasteiger partial charge in [0.2, 0.25) is 5.89 Å². The number of nitrogens with zero attached hydrogens (tertiary/aromatic N) is 2. The summed E-state index contributed by atoms with van der Waals surface area (Å²) in [5.41, 5.74) is 2.72. The Labute approximate surface area is 200 Å². The van der Waals surface area contributed by atoms with Crippen molar-refractivity contribution in [3.8, 4) is 0 Å². The van der Waals surface area contributed by atoms with E-state index >= 15 is 0 Å². The lowest BCUT2D eigenvalue weighted by atomic mass is 9.61. The van der Waals surface area contributed by atoms with Crippen molar-refractivity contribution >= 4 is 23.2 Å². The van der Waals surface area contributed by atoms with E-state index in [4.69, 9.17) is 21.4 Å². The third-order valence-corrected chi connectivity index (χ3v) is 8.87. The van der Waals surface area contributed by atoms with Gasteiger partial charge in [-0.3, -0.25) is 9.69 Å². The summed E-state index contributed by atoms with van der Waals surface area (Å²) in [7, 11) is 1.79. The predicted molar refractivity (Wildman–Crippen MR) is 127 cm³/mol. The molecule has 1 aromatic heterocycles. The molecule has 2 heterocycles. The van der Waals surface area contributed by atoms with Crippen LogP contribution in [-0.4, -0.2) is 34.1 Å². The molecule has 1 atom stereocenters. The SMILES string of the molecule is COC1CCC2(CC1)Cc1ccc(CCC3CC3)cc1C21NC(=S)N(Cc2ncco2)C1=O. The predicted octanol–water partition coefficient (Wildman–Crippen LogP) is 4.26. The zero-order chi connectivity index (χ0) is 22.6. The Kier molecular flexibility index (Phi) is 5.11. The van der Waals surface area contributed by atoms with Crippen LogP contribution >= 0.6 is 12.2 Å². The normalized spacial score (nSPS) is 30.9. The fourth-order valence-corrected chi connectivity index (χ4v) is 6.80. The van der Waals surface area contributed by atoms with Gasteiger partial charge in [-0.1, -0.05) is 31.0 Å². The topological polar surface area (TPSA) is 67.6 Å². The maximum absolute atomic E-state index is 14.3. The highest BCUT2D eigenvalue weighted by molar-refractivity contribution is 7.80. The molecule has 1 aliphatic heterocycles. The van der Waals surface area contributed by atoms with Crippen LogP contribution < -0.4 is 5.32 Å². The average molecular weight is 466 g/mol. The minimum Gasteiger partial charge on any atom is -0.447 e. The molecule has 3 aliphatic carbocycles. The van der Waals surface area contributed by atoms with Gasteiger partial charge >= 0.3 is 0 Å². The van der Waals surface area contributed by atoms with Gasteiger partial charge in [-0.15, -0.1) is 0 Å². The maximum Gasteiger partial charge on any atom is 0.260 e. The highest BCUT2D eigenvalue weighted by atomic mass is 32.1.